The van der Waals surface area contributed by atoms with E-state index in [1.807, 2.05) is 6.92 Å². The summed E-state index contributed by atoms with van der Waals surface area (Å²) in [6.45, 7) is 2.00. The zero-order chi connectivity index (χ0) is 14.8. The van der Waals surface area contributed by atoms with Gasteiger partial charge in [0.15, 0.2) is 0 Å². The SMILES string of the molecule is CCCc1nccn1-c1ccc(CCl)c(C(F)(F)F)c1. The molecule has 0 fully saturated rings. The Balaban J connectivity index is 2.50. The first-order valence-corrected chi connectivity index (χ1v) is 6.79. The van der Waals surface area contributed by atoms with Crippen LogP contribution >= 0.6 is 11.6 Å². The quantitative estimate of drug-likeness (QED) is 0.756. The zero-order valence-corrected chi connectivity index (χ0v) is 11.7. The Kier molecular flexibility index (Phi) is 4.38. The van der Waals surface area contributed by atoms with Crippen molar-refractivity contribution in [2.24, 2.45) is 0 Å². The summed E-state index contributed by atoms with van der Waals surface area (Å²) in [5.74, 6) is 0.583. The molecular weight excluding hydrogens is 289 g/mol. The maximum absolute atomic E-state index is 13.0. The number of hydrogen-bond acceptors (Lipinski definition) is 1. The van der Waals surface area contributed by atoms with Crippen LogP contribution in [0.2, 0.25) is 0 Å². The van der Waals surface area contributed by atoms with Crippen molar-refractivity contribution >= 4 is 11.6 Å². The van der Waals surface area contributed by atoms with Gasteiger partial charge in [0.2, 0.25) is 0 Å². The monoisotopic (exact) mass is 302 g/mol. The highest BCUT2D eigenvalue weighted by molar-refractivity contribution is 6.17. The number of imidazole rings is 1. The van der Waals surface area contributed by atoms with Crippen LogP contribution in [0.4, 0.5) is 13.2 Å². The first-order valence-electron chi connectivity index (χ1n) is 6.26. The number of aryl methyl sites for hydroxylation is 1. The van der Waals surface area contributed by atoms with E-state index in [0.29, 0.717) is 12.1 Å². The van der Waals surface area contributed by atoms with E-state index in [1.165, 1.54) is 6.07 Å². The number of rotatable bonds is 4. The van der Waals surface area contributed by atoms with Gasteiger partial charge >= 0.3 is 6.18 Å². The molecule has 1 aromatic heterocycles. The average molecular weight is 303 g/mol. The highest BCUT2D eigenvalue weighted by atomic mass is 35.5. The zero-order valence-electron chi connectivity index (χ0n) is 10.9. The predicted molar refractivity (Wildman–Crippen MR) is 72.1 cm³/mol. The summed E-state index contributed by atoms with van der Waals surface area (Å²) < 4.78 is 40.7. The standard InChI is InChI=1S/C14H14ClF3N2/c1-2-3-13-19-6-7-20(13)11-5-4-10(9-15)12(8-11)14(16,17)18/h4-8H,2-3,9H2,1H3. The van der Waals surface area contributed by atoms with Crippen molar-refractivity contribution in [2.45, 2.75) is 31.8 Å². The lowest BCUT2D eigenvalue weighted by molar-refractivity contribution is -0.138. The van der Waals surface area contributed by atoms with E-state index in [9.17, 15) is 13.2 Å². The Bertz CT molecular complexity index is 590. The van der Waals surface area contributed by atoms with Crippen molar-refractivity contribution in [3.05, 3.63) is 47.5 Å². The summed E-state index contributed by atoms with van der Waals surface area (Å²) in [7, 11) is 0. The molecule has 0 unspecified atom stereocenters. The Morgan fingerprint density at radius 1 is 1.30 bits per heavy atom. The van der Waals surface area contributed by atoms with Crippen molar-refractivity contribution in [3.63, 3.8) is 0 Å². The summed E-state index contributed by atoms with van der Waals surface area (Å²) in [4.78, 5) is 4.17. The van der Waals surface area contributed by atoms with E-state index < -0.39 is 11.7 Å². The predicted octanol–water partition coefficient (Wildman–Crippen LogP) is 4.58. The number of hydrogen-bond donors (Lipinski definition) is 0. The van der Waals surface area contributed by atoms with Gasteiger partial charge in [-0.05, 0) is 24.1 Å². The van der Waals surface area contributed by atoms with Gasteiger partial charge in [0.1, 0.15) is 5.82 Å². The van der Waals surface area contributed by atoms with E-state index in [-0.39, 0.29) is 11.4 Å². The van der Waals surface area contributed by atoms with Gasteiger partial charge in [0.25, 0.3) is 0 Å². The lowest BCUT2D eigenvalue weighted by atomic mass is 10.1. The summed E-state index contributed by atoms with van der Waals surface area (Å²) in [5, 5.41) is 0. The molecule has 0 saturated heterocycles. The first kappa shape index (κ1) is 14.9. The lowest BCUT2D eigenvalue weighted by Crippen LogP contribution is -2.10. The molecule has 0 aliphatic carbocycles. The number of nitrogens with zero attached hydrogens (tertiary/aromatic N) is 2. The average Bonchev–Trinajstić information content (AvgIpc) is 2.85. The van der Waals surface area contributed by atoms with Crippen LogP contribution in [0.3, 0.4) is 0 Å². The molecule has 1 aromatic carbocycles. The molecule has 0 aliphatic heterocycles. The molecule has 0 radical (unpaired) electrons. The van der Waals surface area contributed by atoms with Gasteiger partial charge in [0, 0.05) is 30.4 Å². The van der Waals surface area contributed by atoms with Crippen LogP contribution in [-0.2, 0) is 18.5 Å². The summed E-state index contributed by atoms with van der Waals surface area (Å²) >= 11 is 5.58. The molecule has 0 bridgehead atoms. The van der Waals surface area contributed by atoms with E-state index in [0.717, 1.165) is 18.3 Å². The van der Waals surface area contributed by atoms with Crippen LogP contribution in [0.25, 0.3) is 5.69 Å². The largest absolute Gasteiger partial charge is 0.416 e. The molecule has 0 amide bonds. The fraction of sp³-hybridized carbons (Fsp3) is 0.357. The minimum absolute atomic E-state index is 0.0834. The lowest BCUT2D eigenvalue weighted by Gasteiger charge is -2.14. The third-order valence-electron chi connectivity index (χ3n) is 3.01. The van der Waals surface area contributed by atoms with Crippen LogP contribution in [-0.4, -0.2) is 9.55 Å². The molecule has 0 spiro atoms. The van der Waals surface area contributed by atoms with Crippen molar-refractivity contribution < 1.29 is 13.2 Å². The molecule has 2 nitrogen and oxygen atoms in total. The molecule has 0 saturated carbocycles. The Morgan fingerprint density at radius 2 is 2.05 bits per heavy atom. The molecule has 20 heavy (non-hydrogen) atoms. The summed E-state index contributed by atoms with van der Waals surface area (Å²) in [6.07, 6.45) is 0.439. The second-order valence-electron chi connectivity index (χ2n) is 4.44. The second kappa shape index (κ2) is 5.87. The normalized spacial score (nSPS) is 11.8. The molecule has 0 N–H and O–H groups in total. The maximum Gasteiger partial charge on any atom is 0.416 e. The van der Waals surface area contributed by atoms with Gasteiger partial charge in [-0.1, -0.05) is 13.0 Å². The molecule has 1 heterocycles. The highest BCUT2D eigenvalue weighted by Crippen LogP contribution is 2.34. The number of aromatic nitrogens is 2. The van der Waals surface area contributed by atoms with Gasteiger partial charge in [-0.2, -0.15) is 13.2 Å². The molecule has 108 valence electrons. The van der Waals surface area contributed by atoms with Gasteiger partial charge in [-0.15, -0.1) is 11.6 Å². The number of halogens is 4. The van der Waals surface area contributed by atoms with Gasteiger partial charge in [-0.3, -0.25) is 0 Å². The maximum atomic E-state index is 13.0. The molecule has 6 heteroatoms. The number of benzene rings is 1. The van der Waals surface area contributed by atoms with Crippen LogP contribution in [0, 0.1) is 0 Å². The first-order chi connectivity index (χ1) is 9.47. The molecule has 2 rings (SSSR count). The molecular formula is C14H14ClF3N2. The number of alkyl halides is 4. The van der Waals surface area contributed by atoms with Crippen LogP contribution in [0.1, 0.15) is 30.3 Å². The third kappa shape index (κ3) is 2.98. The third-order valence-corrected chi connectivity index (χ3v) is 3.30. The molecule has 2 aromatic rings. The Hall–Kier alpha value is -1.49. The topological polar surface area (TPSA) is 17.8 Å². The molecule has 0 aliphatic rings. The van der Waals surface area contributed by atoms with Gasteiger partial charge in [0.05, 0.1) is 5.56 Å². The fourth-order valence-corrected chi connectivity index (χ4v) is 2.31. The highest BCUT2D eigenvalue weighted by Gasteiger charge is 2.33. The molecule has 0 atom stereocenters. The van der Waals surface area contributed by atoms with E-state index >= 15 is 0 Å². The van der Waals surface area contributed by atoms with Gasteiger partial charge in [-0.25, -0.2) is 4.98 Å². The van der Waals surface area contributed by atoms with E-state index in [4.69, 9.17) is 11.6 Å². The smallest absolute Gasteiger partial charge is 0.304 e. The van der Waals surface area contributed by atoms with Crippen molar-refractivity contribution in [1.29, 1.82) is 0 Å². The minimum atomic E-state index is -4.41. The Morgan fingerprint density at radius 3 is 2.65 bits per heavy atom. The van der Waals surface area contributed by atoms with E-state index in [2.05, 4.69) is 4.98 Å². The minimum Gasteiger partial charge on any atom is -0.304 e. The van der Waals surface area contributed by atoms with Crippen molar-refractivity contribution in [3.8, 4) is 5.69 Å². The second-order valence-corrected chi connectivity index (χ2v) is 4.70. The van der Waals surface area contributed by atoms with Crippen LogP contribution in [0.15, 0.2) is 30.6 Å². The van der Waals surface area contributed by atoms with Gasteiger partial charge < -0.3 is 4.57 Å². The van der Waals surface area contributed by atoms with Crippen molar-refractivity contribution in [1.82, 2.24) is 9.55 Å². The fourth-order valence-electron chi connectivity index (χ4n) is 2.07. The van der Waals surface area contributed by atoms with Crippen LogP contribution in [0.5, 0.6) is 0 Å². The summed E-state index contributed by atoms with van der Waals surface area (Å²) in [6, 6.07) is 4.17. The Labute approximate surface area is 120 Å². The van der Waals surface area contributed by atoms with Crippen LogP contribution < -0.4 is 0 Å². The summed E-state index contributed by atoms with van der Waals surface area (Å²) in [5.41, 5.74) is -0.159. The van der Waals surface area contributed by atoms with Crippen molar-refractivity contribution in [2.75, 3.05) is 0 Å². The van der Waals surface area contributed by atoms with E-state index in [1.54, 1.807) is 23.0 Å².